The van der Waals surface area contributed by atoms with Gasteiger partial charge in [-0.3, -0.25) is 4.79 Å². The molecule has 2 aromatic rings. The molecule has 110 valence electrons. The minimum Gasteiger partial charge on any atom is -0.497 e. The Morgan fingerprint density at radius 3 is 2.52 bits per heavy atom. The quantitative estimate of drug-likeness (QED) is 0.864. The molecule has 1 aromatic carbocycles. The topological polar surface area (TPSA) is 60.2 Å². The third-order valence-electron chi connectivity index (χ3n) is 3.69. The Kier molecular flexibility index (Phi) is 3.85. The van der Waals surface area contributed by atoms with Gasteiger partial charge < -0.3 is 9.64 Å². The van der Waals surface area contributed by atoms with Gasteiger partial charge in [-0.1, -0.05) is 5.21 Å². The van der Waals surface area contributed by atoms with Gasteiger partial charge in [0.05, 0.1) is 19.0 Å². The Balaban J connectivity index is 1.77. The number of benzene rings is 1. The highest BCUT2D eigenvalue weighted by Gasteiger charge is 2.21. The van der Waals surface area contributed by atoms with Gasteiger partial charge in [-0.05, 0) is 43.5 Å². The molecule has 0 atom stereocenters. The summed E-state index contributed by atoms with van der Waals surface area (Å²) in [6.07, 6.45) is 5.01. The van der Waals surface area contributed by atoms with E-state index in [1.54, 1.807) is 18.0 Å². The number of ether oxygens (including phenoxy) is 1. The monoisotopic (exact) mass is 286 g/mol. The molecule has 6 nitrogen and oxygen atoms in total. The van der Waals surface area contributed by atoms with Crippen LogP contribution in [0.3, 0.4) is 0 Å². The summed E-state index contributed by atoms with van der Waals surface area (Å²) in [6.45, 7) is 1.63. The third-order valence-corrected chi connectivity index (χ3v) is 3.69. The van der Waals surface area contributed by atoms with Crippen LogP contribution >= 0.6 is 0 Å². The Labute approximate surface area is 123 Å². The van der Waals surface area contributed by atoms with Crippen molar-refractivity contribution in [2.75, 3.05) is 20.2 Å². The summed E-state index contributed by atoms with van der Waals surface area (Å²) in [5.74, 6) is 0.748. The minimum absolute atomic E-state index is 0.0329. The number of piperidine rings is 1. The van der Waals surface area contributed by atoms with Crippen LogP contribution in [0.1, 0.15) is 29.8 Å². The fraction of sp³-hybridized carbons (Fsp3) is 0.400. The molecule has 1 saturated heterocycles. The normalized spacial score (nSPS) is 15.0. The van der Waals surface area contributed by atoms with Gasteiger partial charge in [0.25, 0.3) is 5.91 Å². The molecule has 2 heterocycles. The van der Waals surface area contributed by atoms with E-state index >= 15 is 0 Å². The molecule has 0 N–H and O–H groups in total. The van der Waals surface area contributed by atoms with Crippen LogP contribution in [0, 0.1) is 0 Å². The molecule has 0 aliphatic carbocycles. The molecule has 3 rings (SSSR count). The van der Waals surface area contributed by atoms with Crippen molar-refractivity contribution in [1.29, 1.82) is 0 Å². The van der Waals surface area contributed by atoms with Crippen LogP contribution in [0.4, 0.5) is 0 Å². The Hall–Kier alpha value is -2.37. The van der Waals surface area contributed by atoms with Gasteiger partial charge in [-0.15, -0.1) is 5.10 Å². The van der Waals surface area contributed by atoms with E-state index in [0.29, 0.717) is 5.69 Å². The van der Waals surface area contributed by atoms with Crippen LogP contribution in [0.15, 0.2) is 30.5 Å². The van der Waals surface area contributed by atoms with Gasteiger partial charge in [0.2, 0.25) is 0 Å². The van der Waals surface area contributed by atoms with Crippen molar-refractivity contribution in [2.45, 2.75) is 19.3 Å². The first-order valence-electron chi connectivity index (χ1n) is 7.14. The minimum atomic E-state index is -0.0329. The third kappa shape index (κ3) is 2.89. The first-order valence-corrected chi connectivity index (χ1v) is 7.14. The molecule has 0 bridgehead atoms. The summed E-state index contributed by atoms with van der Waals surface area (Å²) in [7, 11) is 1.62. The number of amides is 1. The number of likely N-dealkylation sites (tertiary alicyclic amines) is 1. The van der Waals surface area contributed by atoms with Crippen LogP contribution in [-0.2, 0) is 0 Å². The molecule has 6 heteroatoms. The molecule has 1 aliphatic rings. The lowest BCUT2D eigenvalue weighted by molar-refractivity contribution is 0.0718. The first kappa shape index (κ1) is 13.6. The van der Waals surface area contributed by atoms with Crippen molar-refractivity contribution in [3.05, 3.63) is 36.2 Å². The zero-order valence-corrected chi connectivity index (χ0v) is 12.0. The fourth-order valence-electron chi connectivity index (χ4n) is 2.48. The van der Waals surface area contributed by atoms with E-state index in [2.05, 4.69) is 10.3 Å². The number of carbonyl (C=O) groups excluding carboxylic acids is 1. The van der Waals surface area contributed by atoms with Crippen molar-refractivity contribution >= 4 is 5.91 Å². The number of aromatic nitrogens is 3. The summed E-state index contributed by atoms with van der Waals surface area (Å²) in [4.78, 5) is 14.2. The second kappa shape index (κ2) is 5.95. The number of methoxy groups -OCH3 is 1. The molecule has 1 amide bonds. The van der Waals surface area contributed by atoms with Crippen molar-refractivity contribution in [1.82, 2.24) is 19.9 Å². The fourth-order valence-corrected chi connectivity index (χ4v) is 2.48. The lowest BCUT2D eigenvalue weighted by Gasteiger charge is -2.25. The predicted molar refractivity (Wildman–Crippen MR) is 77.7 cm³/mol. The highest BCUT2D eigenvalue weighted by Crippen LogP contribution is 2.15. The van der Waals surface area contributed by atoms with E-state index in [-0.39, 0.29) is 5.91 Å². The number of nitrogens with zero attached hydrogens (tertiary/aromatic N) is 4. The second-order valence-corrected chi connectivity index (χ2v) is 5.10. The molecule has 21 heavy (non-hydrogen) atoms. The molecule has 0 saturated carbocycles. The van der Waals surface area contributed by atoms with Gasteiger partial charge in [-0.25, -0.2) is 4.68 Å². The summed E-state index contributed by atoms with van der Waals surface area (Å²) in [6, 6.07) is 7.46. The number of carbonyl (C=O) groups is 1. The SMILES string of the molecule is COc1ccc(-n2cc(C(=O)N3CCCCC3)nn2)cc1. The van der Waals surface area contributed by atoms with E-state index < -0.39 is 0 Å². The smallest absolute Gasteiger partial charge is 0.276 e. The van der Waals surface area contributed by atoms with Crippen molar-refractivity contribution in [3.63, 3.8) is 0 Å². The van der Waals surface area contributed by atoms with Crippen LogP contribution in [0.2, 0.25) is 0 Å². The van der Waals surface area contributed by atoms with Crippen LogP contribution in [-0.4, -0.2) is 46.0 Å². The average molecular weight is 286 g/mol. The van der Waals surface area contributed by atoms with Gasteiger partial charge in [0.15, 0.2) is 5.69 Å². The zero-order valence-electron chi connectivity index (χ0n) is 12.0. The molecular weight excluding hydrogens is 268 g/mol. The van der Waals surface area contributed by atoms with Crippen LogP contribution in [0.5, 0.6) is 5.75 Å². The first-order chi connectivity index (χ1) is 10.3. The van der Waals surface area contributed by atoms with Crippen LogP contribution < -0.4 is 4.74 Å². The maximum Gasteiger partial charge on any atom is 0.276 e. The van der Waals surface area contributed by atoms with Crippen molar-refractivity contribution in [3.8, 4) is 11.4 Å². The average Bonchev–Trinajstić information content (AvgIpc) is 3.05. The highest BCUT2D eigenvalue weighted by atomic mass is 16.5. The second-order valence-electron chi connectivity index (χ2n) is 5.10. The Morgan fingerprint density at radius 2 is 1.86 bits per heavy atom. The number of hydrogen-bond acceptors (Lipinski definition) is 4. The van der Waals surface area contributed by atoms with Gasteiger partial charge in [0, 0.05) is 13.1 Å². The maximum absolute atomic E-state index is 12.3. The molecule has 0 radical (unpaired) electrons. The summed E-state index contributed by atoms with van der Waals surface area (Å²) < 4.78 is 6.73. The van der Waals surface area contributed by atoms with Gasteiger partial charge in [-0.2, -0.15) is 0 Å². The Morgan fingerprint density at radius 1 is 1.14 bits per heavy atom. The lowest BCUT2D eigenvalue weighted by atomic mass is 10.1. The van der Waals surface area contributed by atoms with Gasteiger partial charge >= 0.3 is 0 Å². The number of rotatable bonds is 3. The maximum atomic E-state index is 12.3. The van der Waals surface area contributed by atoms with Gasteiger partial charge in [0.1, 0.15) is 5.75 Å². The van der Waals surface area contributed by atoms with E-state index in [9.17, 15) is 4.79 Å². The zero-order chi connectivity index (χ0) is 14.7. The molecule has 1 aromatic heterocycles. The van der Waals surface area contributed by atoms with E-state index in [1.807, 2.05) is 29.2 Å². The summed E-state index contributed by atoms with van der Waals surface area (Å²) >= 11 is 0. The Bertz CT molecular complexity index is 615. The molecule has 1 fully saturated rings. The summed E-state index contributed by atoms with van der Waals surface area (Å²) in [5.41, 5.74) is 1.24. The standard InChI is InChI=1S/C15H18N4O2/c1-21-13-7-5-12(6-8-13)19-11-14(16-17-19)15(20)18-9-3-2-4-10-18/h5-8,11H,2-4,9-10H2,1H3. The van der Waals surface area contributed by atoms with Crippen molar-refractivity contribution in [2.24, 2.45) is 0 Å². The molecule has 0 spiro atoms. The van der Waals surface area contributed by atoms with Crippen molar-refractivity contribution < 1.29 is 9.53 Å². The molecule has 0 unspecified atom stereocenters. The van der Waals surface area contributed by atoms with E-state index in [0.717, 1.165) is 37.4 Å². The predicted octanol–water partition coefficient (Wildman–Crippen LogP) is 1.90. The lowest BCUT2D eigenvalue weighted by Crippen LogP contribution is -2.35. The largest absolute Gasteiger partial charge is 0.497 e. The van der Waals surface area contributed by atoms with E-state index in [1.165, 1.54) is 6.42 Å². The molecular formula is C15H18N4O2. The number of hydrogen-bond donors (Lipinski definition) is 0. The summed E-state index contributed by atoms with van der Waals surface area (Å²) in [5, 5.41) is 8.04. The van der Waals surface area contributed by atoms with Crippen LogP contribution in [0.25, 0.3) is 5.69 Å². The highest BCUT2D eigenvalue weighted by molar-refractivity contribution is 5.92. The van der Waals surface area contributed by atoms with E-state index in [4.69, 9.17) is 4.74 Å². The molecule has 1 aliphatic heterocycles.